The molecule has 0 heterocycles. The molecule has 0 aromatic heterocycles. The van der Waals surface area contributed by atoms with Crippen LogP contribution in [0.2, 0.25) is 0 Å². The summed E-state index contributed by atoms with van der Waals surface area (Å²) in [5.74, 6) is -0.0321. The standard InChI is InChI=1S/C14H22N2O3S/c1-10(2)11(3)15-20(18,19)13-8-6-7-12(9-13)14(17)16(4)5/h6-11,15H,1-5H3. The highest BCUT2D eigenvalue weighted by molar-refractivity contribution is 7.89. The number of nitrogens with zero attached hydrogens (tertiary/aromatic N) is 1. The summed E-state index contributed by atoms with van der Waals surface area (Å²) >= 11 is 0. The van der Waals surface area contributed by atoms with Gasteiger partial charge in [0.15, 0.2) is 0 Å². The van der Waals surface area contributed by atoms with Crippen LogP contribution in [0.25, 0.3) is 0 Å². The number of hydrogen-bond acceptors (Lipinski definition) is 3. The summed E-state index contributed by atoms with van der Waals surface area (Å²) in [4.78, 5) is 13.4. The zero-order valence-corrected chi connectivity index (χ0v) is 13.4. The predicted octanol–water partition coefficient (Wildman–Crippen LogP) is 1.71. The van der Waals surface area contributed by atoms with Crippen LogP contribution in [0.4, 0.5) is 0 Å². The number of amides is 1. The monoisotopic (exact) mass is 298 g/mol. The molecule has 0 saturated heterocycles. The van der Waals surface area contributed by atoms with E-state index in [1.54, 1.807) is 26.2 Å². The lowest BCUT2D eigenvalue weighted by Gasteiger charge is -2.18. The molecule has 1 N–H and O–H groups in total. The van der Waals surface area contributed by atoms with Gasteiger partial charge in [0, 0.05) is 25.7 Å². The van der Waals surface area contributed by atoms with Crippen LogP contribution in [0.5, 0.6) is 0 Å². The second-order valence-electron chi connectivity index (χ2n) is 5.38. The van der Waals surface area contributed by atoms with Gasteiger partial charge in [-0.1, -0.05) is 19.9 Å². The van der Waals surface area contributed by atoms with Crippen LogP contribution in [-0.2, 0) is 10.0 Å². The Labute approximate surface area is 121 Å². The van der Waals surface area contributed by atoms with Crippen molar-refractivity contribution in [3.8, 4) is 0 Å². The lowest BCUT2D eigenvalue weighted by atomic mass is 10.1. The van der Waals surface area contributed by atoms with Crippen LogP contribution in [-0.4, -0.2) is 39.4 Å². The highest BCUT2D eigenvalue weighted by Crippen LogP contribution is 2.14. The molecule has 6 heteroatoms. The largest absolute Gasteiger partial charge is 0.345 e. The van der Waals surface area contributed by atoms with Crippen molar-refractivity contribution in [3.05, 3.63) is 29.8 Å². The van der Waals surface area contributed by atoms with Crippen molar-refractivity contribution in [2.45, 2.75) is 31.7 Å². The number of benzene rings is 1. The molecule has 1 atom stereocenters. The van der Waals surface area contributed by atoms with E-state index in [0.717, 1.165) is 0 Å². The topological polar surface area (TPSA) is 66.5 Å². The fourth-order valence-electron chi connectivity index (χ4n) is 1.50. The first-order chi connectivity index (χ1) is 9.15. The molecule has 0 spiro atoms. The Balaban J connectivity index is 3.08. The molecule has 20 heavy (non-hydrogen) atoms. The van der Waals surface area contributed by atoms with Gasteiger partial charge in [-0.2, -0.15) is 0 Å². The summed E-state index contributed by atoms with van der Waals surface area (Å²) < 4.78 is 27.1. The second-order valence-corrected chi connectivity index (χ2v) is 7.10. The minimum Gasteiger partial charge on any atom is -0.345 e. The van der Waals surface area contributed by atoms with Crippen LogP contribution in [0.15, 0.2) is 29.2 Å². The lowest BCUT2D eigenvalue weighted by Crippen LogP contribution is -2.36. The van der Waals surface area contributed by atoms with E-state index in [9.17, 15) is 13.2 Å². The first-order valence-corrected chi connectivity index (χ1v) is 7.97. The van der Waals surface area contributed by atoms with Gasteiger partial charge in [-0.3, -0.25) is 4.79 Å². The van der Waals surface area contributed by atoms with E-state index in [0.29, 0.717) is 5.56 Å². The molecule has 0 aliphatic rings. The Morgan fingerprint density at radius 3 is 2.30 bits per heavy atom. The molecule has 0 aliphatic carbocycles. The molecular formula is C14H22N2O3S. The Kier molecular flexibility index (Phi) is 5.30. The fraction of sp³-hybridized carbons (Fsp3) is 0.500. The second kappa shape index (κ2) is 6.37. The van der Waals surface area contributed by atoms with E-state index < -0.39 is 10.0 Å². The Morgan fingerprint density at radius 1 is 1.20 bits per heavy atom. The van der Waals surface area contributed by atoms with Gasteiger partial charge in [0.1, 0.15) is 0 Å². The van der Waals surface area contributed by atoms with E-state index in [1.807, 2.05) is 20.8 Å². The molecule has 1 aromatic carbocycles. The van der Waals surface area contributed by atoms with Crippen LogP contribution in [0.1, 0.15) is 31.1 Å². The van der Waals surface area contributed by atoms with E-state index in [-0.39, 0.29) is 22.8 Å². The SMILES string of the molecule is CC(C)C(C)NS(=O)(=O)c1cccc(C(=O)N(C)C)c1. The van der Waals surface area contributed by atoms with Gasteiger partial charge in [-0.25, -0.2) is 13.1 Å². The summed E-state index contributed by atoms with van der Waals surface area (Å²) in [6, 6.07) is 5.89. The number of sulfonamides is 1. The molecule has 0 fully saturated rings. The smallest absolute Gasteiger partial charge is 0.253 e. The molecular weight excluding hydrogens is 276 g/mol. The zero-order chi connectivity index (χ0) is 15.5. The van der Waals surface area contributed by atoms with Gasteiger partial charge < -0.3 is 4.90 Å². The Bertz CT molecular complexity index is 580. The zero-order valence-electron chi connectivity index (χ0n) is 12.5. The predicted molar refractivity (Wildman–Crippen MR) is 79.1 cm³/mol. The summed E-state index contributed by atoms with van der Waals surface area (Å²) in [5.41, 5.74) is 0.357. The van der Waals surface area contributed by atoms with Crippen LogP contribution < -0.4 is 4.72 Å². The first kappa shape index (κ1) is 16.7. The maximum Gasteiger partial charge on any atom is 0.253 e. The molecule has 1 aromatic rings. The number of carbonyl (C=O) groups excluding carboxylic acids is 1. The normalized spacial score (nSPS) is 13.3. The number of hydrogen-bond donors (Lipinski definition) is 1. The highest BCUT2D eigenvalue weighted by atomic mass is 32.2. The van der Waals surface area contributed by atoms with Crippen molar-refractivity contribution in [2.75, 3.05) is 14.1 Å². The van der Waals surface area contributed by atoms with Gasteiger partial charge in [-0.05, 0) is 31.0 Å². The molecule has 0 radical (unpaired) electrons. The molecule has 1 unspecified atom stereocenters. The number of carbonyl (C=O) groups is 1. The highest BCUT2D eigenvalue weighted by Gasteiger charge is 2.20. The van der Waals surface area contributed by atoms with Crippen molar-refractivity contribution >= 4 is 15.9 Å². The number of nitrogens with one attached hydrogen (secondary N) is 1. The van der Waals surface area contributed by atoms with Gasteiger partial charge in [0.25, 0.3) is 5.91 Å². The minimum atomic E-state index is -3.61. The van der Waals surface area contributed by atoms with Crippen molar-refractivity contribution in [1.29, 1.82) is 0 Å². The van der Waals surface area contributed by atoms with E-state index in [4.69, 9.17) is 0 Å². The average molecular weight is 298 g/mol. The third-order valence-corrected chi connectivity index (χ3v) is 4.70. The molecule has 1 rings (SSSR count). The summed E-state index contributed by atoms with van der Waals surface area (Å²) in [6.07, 6.45) is 0. The molecule has 0 saturated carbocycles. The van der Waals surface area contributed by atoms with Gasteiger partial charge in [-0.15, -0.1) is 0 Å². The summed E-state index contributed by atoms with van der Waals surface area (Å²) in [7, 11) is -0.352. The van der Waals surface area contributed by atoms with Crippen molar-refractivity contribution in [3.63, 3.8) is 0 Å². The van der Waals surface area contributed by atoms with Crippen LogP contribution in [0.3, 0.4) is 0 Å². The van der Waals surface area contributed by atoms with Crippen LogP contribution in [0, 0.1) is 5.92 Å². The lowest BCUT2D eigenvalue weighted by molar-refractivity contribution is 0.0827. The van der Waals surface area contributed by atoms with Crippen molar-refractivity contribution in [1.82, 2.24) is 9.62 Å². The maximum atomic E-state index is 12.3. The van der Waals surface area contributed by atoms with Crippen LogP contribution >= 0.6 is 0 Å². The fourth-order valence-corrected chi connectivity index (χ4v) is 2.94. The molecule has 112 valence electrons. The summed E-state index contributed by atoms with van der Waals surface area (Å²) in [5, 5.41) is 0. The van der Waals surface area contributed by atoms with E-state index in [2.05, 4.69) is 4.72 Å². The third-order valence-electron chi connectivity index (χ3n) is 3.14. The van der Waals surface area contributed by atoms with E-state index in [1.165, 1.54) is 17.0 Å². The molecule has 0 bridgehead atoms. The average Bonchev–Trinajstić information content (AvgIpc) is 2.37. The van der Waals surface area contributed by atoms with Gasteiger partial charge in [0.05, 0.1) is 4.90 Å². The minimum absolute atomic E-state index is 0.109. The molecule has 5 nitrogen and oxygen atoms in total. The van der Waals surface area contributed by atoms with Crippen molar-refractivity contribution < 1.29 is 13.2 Å². The number of rotatable bonds is 5. The quantitative estimate of drug-likeness (QED) is 0.900. The Hall–Kier alpha value is -1.40. The van der Waals surface area contributed by atoms with Crippen molar-refractivity contribution in [2.24, 2.45) is 5.92 Å². The van der Waals surface area contributed by atoms with Gasteiger partial charge in [0.2, 0.25) is 10.0 Å². The van der Waals surface area contributed by atoms with Gasteiger partial charge >= 0.3 is 0 Å². The first-order valence-electron chi connectivity index (χ1n) is 6.49. The summed E-state index contributed by atoms with van der Waals surface area (Å²) in [6.45, 7) is 5.70. The molecule has 0 aliphatic heterocycles. The Morgan fingerprint density at radius 2 is 1.80 bits per heavy atom. The maximum absolute atomic E-state index is 12.3. The van der Waals surface area contributed by atoms with E-state index >= 15 is 0 Å². The molecule has 1 amide bonds. The third kappa shape index (κ3) is 4.05.